The quantitative estimate of drug-likeness (QED) is 0.679. The smallest absolute Gasteiger partial charge is 0.105 e. The molecular formula is C14H21NO. The maximum atomic E-state index is 5.32. The van der Waals surface area contributed by atoms with Crippen LogP contribution in [0.4, 0.5) is 0 Å². The van der Waals surface area contributed by atoms with E-state index in [2.05, 4.69) is 11.9 Å². The first-order chi connectivity index (χ1) is 7.90. The Balaban J connectivity index is 1.67. The largest absolute Gasteiger partial charge is 0.469 e. The van der Waals surface area contributed by atoms with Gasteiger partial charge in [-0.2, -0.15) is 0 Å². The molecular weight excluding hydrogens is 198 g/mol. The van der Waals surface area contributed by atoms with Crippen molar-refractivity contribution in [2.75, 3.05) is 6.54 Å². The van der Waals surface area contributed by atoms with E-state index >= 15 is 0 Å². The molecule has 0 saturated heterocycles. The molecule has 0 aromatic carbocycles. The highest BCUT2D eigenvalue weighted by atomic mass is 16.3. The summed E-state index contributed by atoms with van der Waals surface area (Å²) < 4.78 is 5.32. The molecule has 2 heteroatoms. The predicted molar refractivity (Wildman–Crippen MR) is 66.4 cm³/mol. The molecule has 1 heterocycles. The fraction of sp³-hybridized carbons (Fsp3) is 0.571. The van der Waals surface area contributed by atoms with E-state index in [0.717, 1.165) is 31.1 Å². The van der Waals surface area contributed by atoms with Crippen LogP contribution >= 0.6 is 0 Å². The molecule has 0 radical (unpaired) electrons. The Labute approximate surface area is 97.7 Å². The minimum absolute atomic E-state index is 0.688. The lowest BCUT2D eigenvalue weighted by molar-refractivity contribution is 0.425. The summed E-state index contributed by atoms with van der Waals surface area (Å²) in [6.45, 7) is 4.81. The van der Waals surface area contributed by atoms with E-state index < -0.39 is 0 Å². The van der Waals surface area contributed by atoms with Crippen molar-refractivity contribution in [1.29, 1.82) is 0 Å². The van der Waals surface area contributed by atoms with Crippen molar-refractivity contribution in [3.63, 3.8) is 0 Å². The molecule has 1 aromatic heterocycles. The van der Waals surface area contributed by atoms with E-state index in [4.69, 9.17) is 4.42 Å². The van der Waals surface area contributed by atoms with Crippen molar-refractivity contribution in [2.45, 2.75) is 38.1 Å². The third-order valence-corrected chi connectivity index (χ3v) is 3.23. The maximum Gasteiger partial charge on any atom is 0.105 e. The van der Waals surface area contributed by atoms with Gasteiger partial charge in [0.2, 0.25) is 0 Å². The lowest BCUT2D eigenvalue weighted by Crippen LogP contribution is -2.32. The van der Waals surface area contributed by atoms with Gasteiger partial charge in [-0.15, -0.1) is 6.58 Å². The third kappa shape index (κ3) is 3.53. The van der Waals surface area contributed by atoms with Crippen molar-refractivity contribution < 1.29 is 4.42 Å². The highest BCUT2D eigenvalue weighted by molar-refractivity contribution is 4.99. The molecule has 2 nitrogen and oxygen atoms in total. The molecule has 0 aliphatic heterocycles. The first-order valence-electron chi connectivity index (χ1n) is 6.27. The zero-order valence-corrected chi connectivity index (χ0v) is 9.82. The van der Waals surface area contributed by atoms with Gasteiger partial charge in [0, 0.05) is 19.0 Å². The predicted octanol–water partition coefficient (Wildman–Crippen LogP) is 3.16. The van der Waals surface area contributed by atoms with E-state index in [1.54, 1.807) is 6.26 Å². The van der Waals surface area contributed by atoms with Gasteiger partial charge in [0.25, 0.3) is 0 Å². The van der Waals surface area contributed by atoms with E-state index in [9.17, 15) is 0 Å². The van der Waals surface area contributed by atoms with Gasteiger partial charge in [-0.1, -0.05) is 6.08 Å². The van der Waals surface area contributed by atoms with Gasteiger partial charge in [-0.25, -0.2) is 0 Å². The zero-order valence-electron chi connectivity index (χ0n) is 9.82. The minimum atomic E-state index is 0.688. The second-order valence-electron chi connectivity index (χ2n) is 4.59. The summed E-state index contributed by atoms with van der Waals surface area (Å²) in [5.41, 5.74) is 0. The molecule has 1 aliphatic rings. The molecule has 2 rings (SSSR count). The van der Waals surface area contributed by atoms with Crippen LogP contribution in [0.25, 0.3) is 0 Å². The van der Waals surface area contributed by atoms with Crippen LogP contribution in [0.5, 0.6) is 0 Å². The number of hydrogen-bond donors (Lipinski definition) is 1. The topological polar surface area (TPSA) is 25.2 Å². The molecule has 88 valence electrons. The Morgan fingerprint density at radius 1 is 1.56 bits per heavy atom. The van der Waals surface area contributed by atoms with Gasteiger partial charge < -0.3 is 9.73 Å². The Kier molecular flexibility index (Phi) is 4.23. The molecule has 1 aromatic rings. The number of allylic oxidation sites excluding steroid dienone is 1. The lowest BCUT2D eigenvalue weighted by Gasteiger charge is -2.16. The van der Waals surface area contributed by atoms with Crippen LogP contribution in [0.1, 0.15) is 31.4 Å². The van der Waals surface area contributed by atoms with Crippen LogP contribution in [0.15, 0.2) is 35.5 Å². The Bertz CT molecular complexity index is 301. The van der Waals surface area contributed by atoms with Crippen molar-refractivity contribution in [1.82, 2.24) is 5.32 Å². The lowest BCUT2D eigenvalue weighted by atomic mass is 10.1. The van der Waals surface area contributed by atoms with E-state index in [0.29, 0.717) is 6.04 Å². The summed E-state index contributed by atoms with van der Waals surface area (Å²) in [6.07, 6.45) is 9.89. The number of hydrogen-bond acceptors (Lipinski definition) is 2. The summed E-state index contributed by atoms with van der Waals surface area (Å²) in [4.78, 5) is 0. The maximum absolute atomic E-state index is 5.32. The molecule has 1 unspecified atom stereocenters. The summed E-state index contributed by atoms with van der Waals surface area (Å²) in [7, 11) is 0. The number of rotatable bonds is 8. The van der Waals surface area contributed by atoms with E-state index in [-0.39, 0.29) is 0 Å². The van der Waals surface area contributed by atoms with Crippen molar-refractivity contribution in [2.24, 2.45) is 5.92 Å². The Morgan fingerprint density at radius 3 is 3.06 bits per heavy atom. The highest BCUT2D eigenvalue weighted by Gasteiger charge is 2.29. The molecule has 1 fully saturated rings. The molecule has 1 aliphatic carbocycles. The van der Waals surface area contributed by atoms with Crippen molar-refractivity contribution in [3.05, 3.63) is 36.8 Å². The Hall–Kier alpha value is -1.02. The zero-order chi connectivity index (χ0) is 11.2. The molecule has 1 saturated carbocycles. The second kappa shape index (κ2) is 5.90. The van der Waals surface area contributed by atoms with Crippen LogP contribution < -0.4 is 5.32 Å². The fourth-order valence-corrected chi connectivity index (χ4v) is 2.14. The van der Waals surface area contributed by atoms with Crippen LogP contribution in [0.3, 0.4) is 0 Å². The molecule has 1 atom stereocenters. The molecule has 0 spiro atoms. The monoisotopic (exact) mass is 219 g/mol. The molecule has 0 bridgehead atoms. The normalized spacial score (nSPS) is 17.2. The van der Waals surface area contributed by atoms with E-state index in [1.165, 1.54) is 19.3 Å². The highest BCUT2D eigenvalue weighted by Crippen LogP contribution is 2.34. The van der Waals surface area contributed by atoms with Crippen molar-refractivity contribution >= 4 is 0 Å². The molecule has 1 N–H and O–H groups in total. The molecule has 0 amide bonds. The van der Waals surface area contributed by atoms with Gasteiger partial charge >= 0.3 is 0 Å². The summed E-state index contributed by atoms with van der Waals surface area (Å²) >= 11 is 0. The molecule has 16 heavy (non-hydrogen) atoms. The van der Waals surface area contributed by atoms with Crippen LogP contribution in [0.2, 0.25) is 0 Å². The number of nitrogens with one attached hydrogen (secondary N) is 1. The van der Waals surface area contributed by atoms with Crippen LogP contribution in [0, 0.1) is 5.92 Å². The minimum Gasteiger partial charge on any atom is -0.469 e. The van der Waals surface area contributed by atoms with Gasteiger partial charge in [0.05, 0.1) is 6.26 Å². The number of furan rings is 1. The second-order valence-corrected chi connectivity index (χ2v) is 4.59. The average molecular weight is 219 g/mol. The van der Waals surface area contributed by atoms with Crippen LogP contribution in [-0.2, 0) is 6.42 Å². The summed E-state index contributed by atoms with van der Waals surface area (Å²) in [5, 5.41) is 3.65. The third-order valence-electron chi connectivity index (χ3n) is 3.23. The first-order valence-corrected chi connectivity index (χ1v) is 6.27. The van der Waals surface area contributed by atoms with Crippen LogP contribution in [-0.4, -0.2) is 12.6 Å². The van der Waals surface area contributed by atoms with Gasteiger partial charge in [0.15, 0.2) is 0 Å². The standard InChI is InChI=1S/C14H21NO/c1-2-3-6-14(12-7-8-12)15-10-9-13-5-4-11-16-13/h2,4-5,11-12,14-15H,1,3,6-10H2. The summed E-state index contributed by atoms with van der Waals surface area (Å²) in [6, 6.07) is 4.68. The summed E-state index contributed by atoms with van der Waals surface area (Å²) in [5.74, 6) is 1.99. The SMILES string of the molecule is C=CCCC(NCCc1ccco1)C1CC1. The Morgan fingerprint density at radius 2 is 2.44 bits per heavy atom. The average Bonchev–Trinajstić information content (AvgIpc) is 3.01. The first kappa shape index (κ1) is 11.5. The van der Waals surface area contributed by atoms with Gasteiger partial charge in [-0.3, -0.25) is 0 Å². The van der Waals surface area contributed by atoms with E-state index in [1.807, 2.05) is 18.2 Å². The van der Waals surface area contributed by atoms with Crippen molar-refractivity contribution in [3.8, 4) is 0 Å². The fourth-order valence-electron chi connectivity index (χ4n) is 2.14. The van der Waals surface area contributed by atoms with Gasteiger partial charge in [-0.05, 0) is 43.7 Å². The van der Waals surface area contributed by atoms with Gasteiger partial charge in [0.1, 0.15) is 5.76 Å².